The Morgan fingerprint density at radius 2 is 2.09 bits per heavy atom. The summed E-state index contributed by atoms with van der Waals surface area (Å²) in [6, 6.07) is 4.68. The Kier molecular flexibility index (Phi) is 6.61. The lowest BCUT2D eigenvalue weighted by molar-refractivity contribution is 0.0691. The van der Waals surface area contributed by atoms with E-state index in [0.717, 1.165) is 11.3 Å². The van der Waals surface area contributed by atoms with Gasteiger partial charge in [-0.3, -0.25) is 0 Å². The van der Waals surface area contributed by atoms with Gasteiger partial charge in [0.1, 0.15) is 10.7 Å². The molecule has 33 heavy (non-hydrogen) atoms. The first kappa shape index (κ1) is 22.7. The van der Waals surface area contributed by atoms with Gasteiger partial charge in [0.25, 0.3) is 0 Å². The van der Waals surface area contributed by atoms with E-state index in [4.69, 9.17) is 4.74 Å². The quantitative estimate of drug-likeness (QED) is 0.336. The maximum absolute atomic E-state index is 14.3. The number of anilines is 2. The minimum atomic E-state index is -1.22. The fraction of sp³-hybridized carbons (Fsp3) is 0.227. The fourth-order valence-corrected chi connectivity index (χ4v) is 4.92. The first-order valence-electron chi connectivity index (χ1n) is 9.96. The van der Waals surface area contributed by atoms with Gasteiger partial charge in [-0.05, 0) is 30.5 Å². The molecule has 0 saturated carbocycles. The number of aromatic nitrogens is 4. The van der Waals surface area contributed by atoms with Crippen molar-refractivity contribution in [3.8, 4) is 27.7 Å². The van der Waals surface area contributed by atoms with Crippen LogP contribution in [-0.4, -0.2) is 38.1 Å². The molecule has 0 saturated heterocycles. The second kappa shape index (κ2) is 9.59. The zero-order chi connectivity index (χ0) is 23.5. The highest BCUT2D eigenvalue weighted by molar-refractivity contribution is 7.16. The zero-order valence-corrected chi connectivity index (χ0v) is 19.6. The van der Waals surface area contributed by atoms with Crippen molar-refractivity contribution < 1.29 is 19.0 Å². The van der Waals surface area contributed by atoms with Gasteiger partial charge in [-0.2, -0.15) is 0 Å². The summed E-state index contributed by atoms with van der Waals surface area (Å²) in [5.74, 6) is -1.14. The van der Waals surface area contributed by atoms with E-state index >= 15 is 0 Å². The molecule has 0 aliphatic heterocycles. The summed E-state index contributed by atoms with van der Waals surface area (Å²) in [5, 5.41) is 15.5. The number of benzene rings is 1. The molecule has 0 atom stereocenters. The number of nitrogens with one attached hydrogen (secondary N) is 1. The third kappa shape index (κ3) is 4.99. The third-order valence-electron chi connectivity index (χ3n) is 4.57. The van der Waals surface area contributed by atoms with E-state index in [2.05, 4.69) is 39.1 Å². The highest BCUT2D eigenvalue weighted by Gasteiger charge is 2.20. The van der Waals surface area contributed by atoms with Crippen LogP contribution in [-0.2, 0) is 6.42 Å². The summed E-state index contributed by atoms with van der Waals surface area (Å²) in [6.07, 6.45) is 3.81. The van der Waals surface area contributed by atoms with E-state index < -0.39 is 11.8 Å². The second-order valence-corrected chi connectivity index (χ2v) is 9.44. The van der Waals surface area contributed by atoms with Gasteiger partial charge in [0.2, 0.25) is 0 Å². The largest absolute Gasteiger partial charge is 0.494 e. The van der Waals surface area contributed by atoms with Gasteiger partial charge in [0, 0.05) is 22.0 Å². The van der Waals surface area contributed by atoms with Crippen LogP contribution in [0.15, 0.2) is 36.0 Å². The van der Waals surface area contributed by atoms with Gasteiger partial charge >= 0.3 is 5.97 Å². The van der Waals surface area contributed by atoms with Crippen molar-refractivity contribution in [2.45, 2.75) is 20.3 Å². The smallest absolute Gasteiger partial charge is 0.358 e. The minimum Gasteiger partial charge on any atom is -0.494 e. The lowest BCUT2D eigenvalue weighted by Crippen LogP contribution is -2.08. The molecule has 0 spiro atoms. The Morgan fingerprint density at radius 1 is 1.27 bits per heavy atom. The molecular weight excluding hydrogens is 465 g/mol. The predicted octanol–water partition coefficient (Wildman–Crippen LogP) is 5.51. The number of carboxylic acid groups (broad SMARTS) is 1. The van der Waals surface area contributed by atoms with E-state index in [-0.39, 0.29) is 17.3 Å². The fourth-order valence-electron chi connectivity index (χ4n) is 3.14. The van der Waals surface area contributed by atoms with Crippen molar-refractivity contribution in [3.63, 3.8) is 0 Å². The molecule has 0 bridgehead atoms. The van der Waals surface area contributed by atoms with Gasteiger partial charge in [-0.25, -0.2) is 29.1 Å². The van der Waals surface area contributed by atoms with E-state index in [9.17, 15) is 14.3 Å². The first-order valence-corrected chi connectivity index (χ1v) is 11.7. The molecule has 2 N–H and O–H groups in total. The average Bonchev–Trinajstić information content (AvgIpc) is 3.44. The van der Waals surface area contributed by atoms with Gasteiger partial charge in [0.15, 0.2) is 28.2 Å². The summed E-state index contributed by atoms with van der Waals surface area (Å²) in [4.78, 5) is 30.0. The number of nitrogens with zero attached hydrogens (tertiary/aromatic N) is 4. The van der Waals surface area contributed by atoms with E-state index in [1.165, 1.54) is 42.0 Å². The van der Waals surface area contributed by atoms with Gasteiger partial charge in [-0.15, -0.1) is 22.7 Å². The molecule has 0 radical (unpaired) electrons. The van der Waals surface area contributed by atoms with Crippen molar-refractivity contribution >= 4 is 39.6 Å². The van der Waals surface area contributed by atoms with Crippen LogP contribution in [0.25, 0.3) is 22.0 Å². The molecule has 0 fully saturated rings. The predicted molar refractivity (Wildman–Crippen MR) is 126 cm³/mol. The molecular formula is C22H20FN5O3S2. The molecule has 11 heteroatoms. The second-order valence-electron chi connectivity index (χ2n) is 7.46. The third-order valence-corrected chi connectivity index (χ3v) is 6.36. The molecule has 4 rings (SSSR count). The summed E-state index contributed by atoms with van der Waals surface area (Å²) < 4.78 is 19.3. The molecule has 0 amide bonds. The number of ether oxygens (including phenoxy) is 1. The van der Waals surface area contributed by atoms with Crippen LogP contribution in [0.2, 0.25) is 0 Å². The maximum atomic E-state index is 14.3. The molecule has 3 aromatic heterocycles. The monoisotopic (exact) mass is 485 g/mol. The molecule has 8 nitrogen and oxygen atoms in total. The highest BCUT2D eigenvalue weighted by Crippen LogP contribution is 2.36. The standard InChI is InChI=1S/C22H20FN5O3S2/c1-11(2)8-16-17(12-4-5-15(31-3)13(23)9-12)27-22(33-16)28-19-18(21(29)30)26-14(10-25-19)20-24-6-7-32-20/h4-7,9-11H,8H2,1-3H3,(H,29,30)(H,25,27,28). The number of aromatic carboxylic acids is 1. The zero-order valence-electron chi connectivity index (χ0n) is 18.0. The highest BCUT2D eigenvalue weighted by atomic mass is 32.1. The van der Waals surface area contributed by atoms with E-state index in [0.29, 0.717) is 33.0 Å². The topological polar surface area (TPSA) is 110 Å². The van der Waals surface area contributed by atoms with Crippen LogP contribution >= 0.6 is 22.7 Å². The minimum absolute atomic E-state index is 0.0696. The number of halogens is 1. The maximum Gasteiger partial charge on any atom is 0.358 e. The van der Waals surface area contributed by atoms with Crippen LogP contribution in [0.4, 0.5) is 15.3 Å². The van der Waals surface area contributed by atoms with E-state index in [1.807, 2.05) is 0 Å². The van der Waals surface area contributed by atoms with Crippen LogP contribution in [0.5, 0.6) is 5.75 Å². The van der Waals surface area contributed by atoms with Gasteiger partial charge in [-0.1, -0.05) is 13.8 Å². The van der Waals surface area contributed by atoms with Crippen molar-refractivity contribution in [1.29, 1.82) is 0 Å². The lowest BCUT2D eigenvalue weighted by Gasteiger charge is -2.07. The summed E-state index contributed by atoms with van der Waals surface area (Å²) in [7, 11) is 1.41. The van der Waals surface area contributed by atoms with Gasteiger partial charge in [0.05, 0.1) is 19.0 Å². The molecule has 0 unspecified atom stereocenters. The first-order chi connectivity index (χ1) is 15.9. The van der Waals surface area contributed by atoms with Crippen molar-refractivity contribution in [2.75, 3.05) is 12.4 Å². The van der Waals surface area contributed by atoms with Crippen molar-refractivity contribution in [1.82, 2.24) is 19.9 Å². The van der Waals surface area contributed by atoms with Crippen molar-refractivity contribution in [3.05, 3.63) is 52.4 Å². The number of hydrogen-bond acceptors (Lipinski definition) is 9. The van der Waals surface area contributed by atoms with Crippen LogP contribution in [0, 0.1) is 11.7 Å². The number of carboxylic acids is 1. The average molecular weight is 486 g/mol. The van der Waals surface area contributed by atoms with Crippen LogP contribution in [0.3, 0.4) is 0 Å². The van der Waals surface area contributed by atoms with Crippen LogP contribution < -0.4 is 10.1 Å². The Hall–Kier alpha value is -3.44. The number of hydrogen-bond donors (Lipinski definition) is 2. The lowest BCUT2D eigenvalue weighted by atomic mass is 10.0. The molecule has 1 aromatic carbocycles. The number of methoxy groups -OCH3 is 1. The van der Waals surface area contributed by atoms with Crippen LogP contribution in [0.1, 0.15) is 29.2 Å². The Balaban J connectivity index is 1.71. The summed E-state index contributed by atoms with van der Waals surface area (Å²) in [6.45, 7) is 4.16. The molecule has 0 aliphatic rings. The number of carbonyl (C=O) groups is 1. The summed E-state index contributed by atoms with van der Waals surface area (Å²) >= 11 is 2.71. The molecule has 170 valence electrons. The Labute approximate surface area is 197 Å². The molecule has 3 heterocycles. The number of rotatable bonds is 8. The van der Waals surface area contributed by atoms with E-state index in [1.54, 1.807) is 23.7 Å². The normalized spacial score (nSPS) is 11.1. The Morgan fingerprint density at radius 3 is 2.73 bits per heavy atom. The Bertz CT molecular complexity index is 1290. The van der Waals surface area contributed by atoms with Gasteiger partial charge < -0.3 is 15.2 Å². The van der Waals surface area contributed by atoms with Crippen molar-refractivity contribution in [2.24, 2.45) is 5.92 Å². The summed E-state index contributed by atoms with van der Waals surface area (Å²) in [5.41, 5.74) is 1.38. The number of thiazole rings is 2. The molecule has 0 aliphatic carbocycles. The SMILES string of the molecule is COc1ccc(-c2nc(Nc3ncc(-c4nccs4)nc3C(=O)O)sc2CC(C)C)cc1F. The molecule has 4 aromatic rings.